The lowest BCUT2D eigenvalue weighted by Gasteiger charge is -2.06. The maximum atomic E-state index is 5.93. The zero-order chi connectivity index (χ0) is 12.3. The molecule has 0 unspecified atom stereocenters. The van der Waals surface area contributed by atoms with Crippen LogP contribution < -0.4 is 10.1 Å². The summed E-state index contributed by atoms with van der Waals surface area (Å²) in [5.74, 6) is 1.80. The van der Waals surface area contributed by atoms with Gasteiger partial charge in [-0.25, -0.2) is 9.97 Å². The van der Waals surface area contributed by atoms with Crippen molar-refractivity contribution in [1.29, 1.82) is 0 Å². The number of anilines is 1. The van der Waals surface area contributed by atoms with Crippen molar-refractivity contribution in [3.05, 3.63) is 29.1 Å². The second-order valence-corrected chi connectivity index (χ2v) is 3.68. The molecule has 0 aliphatic carbocycles. The first kappa shape index (κ1) is 11.7. The molecule has 0 bridgehead atoms. The maximum absolute atomic E-state index is 5.93. The van der Waals surface area contributed by atoms with Crippen molar-refractivity contribution in [3.63, 3.8) is 0 Å². The average Bonchev–Trinajstić information content (AvgIpc) is 2.74. The Morgan fingerprint density at radius 1 is 1.41 bits per heavy atom. The van der Waals surface area contributed by atoms with E-state index < -0.39 is 0 Å². The highest BCUT2D eigenvalue weighted by molar-refractivity contribution is 6.32. The molecular formula is C10H11ClN4O2. The summed E-state index contributed by atoms with van der Waals surface area (Å²) in [4.78, 5) is 12.0. The molecule has 2 aromatic rings. The molecule has 0 atom stereocenters. The minimum atomic E-state index is 0.250. The van der Waals surface area contributed by atoms with Gasteiger partial charge in [0.15, 0.2) is 5.82 Å². The molecule has 17 heavy (non-hydrogen) atoms. The smallest absolute Gasteiger partial charge is 0.318 e. The third-order valence-electron chi connectivity index (χ3n) is 1.98. The molecule has 0 aromatic carbocycles. The summed E-state index contributed by atoms with van der Waals surface area (Å²) in [5, 5.41) is 3.41. The van der Waals surface area contributed by atoms with Crippen LogP contribution in [-0.2, 0) is 6.54 Å². The normalized spacial score (nSPS) is 10.3. The Bertz CT molecular complexity index is 515. The highest BCUT2D eigenvalue weighted by Crippen LogP contribution is 2.20. The van der Waals surface area contributed by atoms with Crippen LogP contribution in [0.15, 0.2) is 16.8 Å². The number of rotatable bonds is 4. The van der Waals surface area contributed by atoms with Crippen LogP contribution in [0.3, 0.4) is 0 Å². The van der Waals surface area contributed by atoms with E-state index in [0.717, 1.165) is 5.76 Å². The Labute approximate surface area is 103 Å². The number of nitrogens with zero attached hydrogens (tertiary/aromatic N) is 3. The van der Waals surface area contributed by atoms with E-state index in [0.29, 0.717) is 23.3 Å². The number of oxazole rings is 1. The summed E-state index contributed by atoms with van der Waals surface area (Å²) < 4.78 is 10.2. The van der Waals surface area contributed by atoms with Gasteiger partial charge in [0.1, 0.15) is 10.8 Å². The number of aromatic nitrogens is 3. The Kier molecular flexibility index (Phi) is 3.43. The summed E-state index contributed by atoms with van der Waals surface area (Å²) in [6, 6.07) is 0.250. The molecule has 2 rings (SSSR count). The van der Waals surface area contributed by atoms with Crippen molar-refractivity contribution in [3.8, 4) is 6.01 Å². The quantitative estimate of drug-likeness (QED) is 0.900. The lowest BCUT2D eigenvalue weighted by atomic mass is 10.5. The molecule has 2 heterocycles. The minimum Gasteiger partial charge on any atom is -0.467 e. The molecule has 2 aromatic heterocycles. The van der Waals surface area contributed by atoms with Gasteiger partial charge in [0, 0.05) is 0 Å². The van der Waals surface area contributed by atoms with Crippen molar-refractivity contribution in [2.75, 3.05) is 12.4 Å². The van der Waals surface area contributed by atoms with Crippen LogP contribution in [0.4, 0.5) is 5.82 Å². The predicted molar refractivity (Wildman–Crippen MR) is 62.2 cm³/mol. The van der Waals surface area contributed by atoms with Crippen LogP contribution >= 0.6 is 11.6 Å². The van der Waals surface area contributed by atoms with Gasteiger partial charge in [-0.1, -0.05) is 11.6 Å². The SMILES string of the molecule is COc1ncc(Cl)c(NCc2ncc(C)o2)n1. The molecule has 0 saturated heterocycles. The van der Waals surface area contributed by atoms with Crippen molar-refractivity contribution in [2.45, 2.75) is 13.5 Å². The number of halogens is 1. The van der Waals surface area contributed by atoms with Gasteiger partial charge < -0.3 is 14.5 Å². The fraction of sp³-hybridized carbons (Fsp3) is 0.300. The first-order chi connectivity index (χ1) is 8.19. The largest absolute Gasteiger partial charge is 0.467 e. The van der Waals surface area contributed by atoms with E-state index >= 15 is 0 Å². The number of aryl methyl sites for hydroxylation is 1. The molecule has 90 valence electrons. The van der Waals surface area contributed by atoms with Crippen LogP contribution in [0, 0.1) is 6.92 Å². The van der Waals surface area contributed by atoms with Crippen LogP contribution in [-0.4, -0.2) is 22.1 Å². The Balaban J connectivity index is 2.07. The number of methoxy groups -OCH3 is 1. The van der Waals surface area contributed by atoms with Crippen LogP contribution in [0.1, 0.15) is 11.7 Å². The molecule has 0 saturated carbocycles. The molecule has 6 nitrogen and oxygen atoms in total. The third-order valence-corrected chi connectivity index (χ3v) is 2.26. The average molecular weight is 255 g/mol. The molecule has 0 radical (unpaired) electrons. The maximum Gasteiger partial charge on any atom is 0.318 e. The number of nitrogens with one attached hydrogen (secondary N) is 1. The van der Waals surface area contributed by atoms with Crippen molar-refractivity contribution in [1.82, 2.24) is 15.0 Å². The summed E-state index contributed by atoms with van der Waals surface area (Å²) in [6.07, 6.45) is 3.12. The van der Waals surface area contributed by atoms with Gasteiger partial charge in [-0.15, -0.1) is 0 Å². The number of ether oxygens (including phenoxy) is 1. The van der Waals surface area contributed by atoms with Gasteiger partial charge in [0.25, 0.3) is 0 Å². The molecule has 0 aliphatic heterocycles. The minimum absolute atomic E-state index is 0.250. The summed E-state index contributed by atoms with van der Waals surface area (Å²) in [5.41, 5.74) is 0. The summed E-state index contributed by atoms with van der Waals surface area (Å²) in [6.45, 7) is 2.23. The molecule has 0 aliphatic rings. The third kappa shape index (κ3) is 2.85. The Morgan fingerprint density at radius 2 is 2.24 bits per heavy atom. The topological polar surface area (TPSA) is 73.1 Å². The molecule has 0 amide bonds. The fourth-order valence-corrected chi connectivity index (χ4v) is 1.37. The first-order valence-electron chi connectivity index (χ1n) is 4.90. The van der Waals surface area contributed by atoms with Gasteiger partial charge in [-0.2, -0.15) is 4.98 Å². The lowest BCUT2D eigenvalue weighted by molar-refractivity contribution is 0.380. The zero-order valence-electron chi connectivity index (χ0n) is 9.40. The highest BCUT2D eigenvalue weighted by Gasteiger charge is 2.07. The molecular weight excluding hydrogens is 244 g/mol. The van der Waals surface area contributed by atoms with Crippen molar-refractivity contribution in [2.24, 2.45) is 0 Å². The van der Waals surface area contributed by atoms with E-state index in [-0.39, 0.29) is 6.01 Å². The first-order valence-corrected chi connectivity index (χ1v) is 5.28. The lowest BCUT2D eigenvalue weighted by Crippen LogP contribution is -2.04. The Morgan fingerprint density at radius 3 is 2.88 bits per heavy atom. The van der Waals surface area contributed by atoms with Crippen molar-refractivity contribution < 1.29 is 9.15 Å². The number of hydrogen-bond donors (Lipinski definition) is 1. The van der Waals surface area contributed by atoms with Gasteiger partial charge in [0.2, 0.25) is 5.89 Å². The van der Waals surface area contributed by atoms with Crippen molar-refractivity contribution >= 4 is 17.4 Å². The van der Waals surface area contributed by atoms with E-state index in [1.807, 2.05) is 6.92 Å². The van der Waals surface area contributed by atoms with Crippen LogP contribution in [0.2, 0.25) is 5.02 Å². The van der Waals surface area contributed by atoms with Crippen LogP contribution in [0.25, 0.3) is 0 Å². The van der Waals surface area contributed by atoms with E-state index in [9.17, 15) is 0 Å². The molecule has 0 fully saturated rings. The van der Waals surface area contributed by atoms with Gasteiger partial charge >= 0.3 is 6.01 Å². The second-order valence-electron chi connectivity index (χ2n) is 3.27. The highest BCUT2D eigenvalue weighted by atomic mass is 35.5. The Hall–Kier alpha value is -1.82. The monoisotopic (exact) mass is 254 g/mol. The molecule has 1 N–H and O–H groups in total. The molecule has 7 heteroatoms. The summed E-state index contributed by atoms with van der Waals surface area (Å²) >= 11 is 5.93. The number of hydrogen-bond acceptors (Lipinski definition) is 6. The summed E-state index contributed by atoms with van der Waals surface area (Å²) in [7, 11) is 1.49. The van der Waals surface area contributed by atoms with Gasteiger partial charge in [0.05, 0.1) is 26.0 Å². The van der Waals surface area contributed by atoms with Gasteiger partial charge in [-0.3, -0.25) is 0 Å². The molecule has 0 spiro atoms. The van der Waals surface area contributed by atoms with E-state index in [4.69, 9.17) is 20.8 Å². The van der Waals surface area contributed by atoms with Gasteiger partial charge in [-0.05, 0) is 6.92 Å². The van der Waals surface area contributed by atoms with E-state index in [1.54, 1.807) is 6.20 Å². The fourth-order valence-electron chi connectivity index (χ4n) is 1.22. The standard InChI is InChI=1S/C10H11ClN4O2/c1-6-3-12-8(17-6)5-13-9-7(11)4-14-10(15-9)16-2/h3-4H,5H2,1-2H3,(H,13,14,15). The predicted octanol–water partition coefficient (Wildman–Crippen LogP) is 2.05. The zero-order valence-corrected chi connectivity index (χ0v) is 10.2. The van der Waals surface area contributed by atoms with E-state index in [1.165, 1.54) is 13.3 Å². The van der Waals surface area contributed by atoms with Crippen LogP contribution in [0.5, 0.6) is 6.01 Å². The second kappa shape index (κ2) is 5.01. The van der Waals surface area contributed by atoms with E-state index in [2.05, 4.69) is 20.3 Å².